The molecular weight excluding hydrogens is 496 g/mol. The van der Waals surface area contributed by atoms with Gasteiger partial charge in [-0.15, -0.1) is 23.1 Å². The zero-order valence-electron chi connectivity index (χ0n) is 17.9. The van der Waals surface area contributed by atoms with Gasteiger partial charge in [0.25, 0.3) is 11.8 Å². The quantitative estimate of drug-likeness (QED) is 0.181. The van der Waals surface area contributed by atoms with Crippen molar-refractivity contribution in [1.82, 2.24) is 20.2 Å². The zero-order chi connectivity index (χ0) is 24.9. The van der Waals surface area contributed by atoms with E-state index in [4.69, 9.17) is 4.84 Å². The predicted molar refractivity (Wildman–Crippen MR) is 127 cm³/mol. The van der Waals surface area contributed by atoms with Crippen LogP contribution in [0.15, 0.2) is 58.9 Å². The maximum absolute atomic E-state index is 13.1. The molecular formula is C21H18N6O6S2. The van der Waals surface area contributed by atoms with Gasteiger partial charge in [-0.2, -0.15) is 0 Å². The van der Waals surface area contributed by atoms with E-state index in [0.717, 1.165) is 16.2 Å². The Morgan fingerprint density at radius 3 is 2.91 bits per heavy atom. The van der Waals surface area contributed by atoms with Gasteiger partial charge in [-0.3, -0.25) is 24.3 Å². The number of carbonyl (C=O) groups is 4. The number of carboxylic acid groups (broad SMARTS) is 1. The third kappa shape index (κ3) is 4.93. The minimum Gasteiger partial charge on any atom is -0.477 e. The molecule has 0 spiro atoms. The number of amides is 3. The molecule has 4 rings (SSSR count). The Kier molecular flexibility index (Phi) is 7.22. The Balaban J connectivity index is 1.53. The number of fused-ring (bicyclic) bond motifs is 1. The Labute approximate surface area is 206 Å². The van der Waals surface area contributed by atoms with Crippen LogP contribution in [0.25, 0.3) is 0 Å². The molecule has 14 heteroatoms. The summed E-state index contributed by atoms with van der Waals surface area (Å²) in [5.41, 5.74) is 0.768. The van der Waals surface area contributed by atoms with Gasteiger partial charge in [0.2, 0.25) is 6.41 Å². The smallest absolute Gasteiger partial charge is 0.352 e. The van der Waals surface area contributed by atoms with E-state index in [0.29, 0.717) is 23.4 Å². The number of nitrogens with zero attached hydrogens (tertiary/aromatic N) is 4. The van der Waals surface area contributed by atoms with Crippen molar-refractivity contribution >= 4 is 58.1 Å². The molecule has 180 valence electrons. The number of thiazole rings is 1. The first kappa shape index (κ1) is 24.1. The van der Waals surface area contributed by atoms with Crippen molar-refractivity contribution in [3.8, 4) is 0 Å². The molecule has 0 radical (unpaired) electrons. The minimum absolute atomic E-state index is 0.0209. The van der Waals surface area contributed by atoms with Crippen LogP contribution in [0.4, 0.5) is 5.13 Å². The third-order valence-electron chi connectivity index (χ3n) is 4.97. The first-order valence-electron chi connectivity index (χ1n) is 10.0. The number of carbonyl (C=O) groups excluding carboxylic acids is 3. The molecule has 0 aliphatic carbocycles. The number of nitrogens with one attached hydrogen (secondary N) is 2. The highest BCUT2D eigenvalue weighted by Crippen LogP contribution is 2.40. The molecule has 2 aromatic rings. The minimum atomic E-state index is -1.24. The van der Waals surface area contributed by atoms with Gasteiger partial charge < -0.3 is 20.6 Å². The average molecular weight is 515 g/mol. The lowest BCUT2D eigenvalue weighted by Crippen LogP contribution is -2.71. The molecule has 2 atom stereocenters. The van der Waals surface area contributed by atoms with Crippen molar-refractivity contribution in [3.63, 3.8) is 0 Å². The highest BCUT2D eigenvalue weighted by atomic mass is 32.2. The summed E-state index contributed by atoms with van der Waals surface area (Å²) in [6, 6.07) is 4.26. The number of anilines is 1. The molecule has 0 bridgehead atoms. The molecule has 3 N–H and O–H groups in total. The Hall–Kier alpha value is -4.04. The van der Waals surface area contributed by atoms with Crippen LogP contribution in [0.5, 0.6) is 0 Å². The van der Waals surface area contributed by atoms with Crippen LogP contribution < -0.4 is 10.6 Å². The van der Waals surface area contributed by atoms with Crippen molar-refractivity contribution in [1.29, 1.82) is 0 Å². The monoisotopic (exact) mass is 514 g/mol. The van der Waals surface area contributed by atoms with E-state index in [9.17, 15) is 24.3 Å². The molecule has 1 saturated heterocycles. The molecule has 4 heterocycles. The summed E-state index contributed by atoms with van der Waals surface area (Å²) in [5.74, 6) is -2.23. The Morgan fingerprint density at radius 2 is 2.23 bits per heavy atom. The number of carboxylic acids is 1. The zero-order valence-corrected chi connectivity index (χ0v) is 19.5. The highest BCUT2D eigenvalue weighted by Gasteiger charge is 2.54. The molecule has 0 saturated carbocycles. The van der Waals surface area contributed by atoms with Crippen molar-refractivity contribution in [2.75, 3.05) is 11.1 Å². The number of allylic oxidation sites excluding steroid dienone is 1. The van der Waals surface area contributed by atoms with E-state index >= 15 is 0 Å². The van der Waals surface area contributed by atoms with Crippen molar-refractivity contribution in [2.24, 2.45) is 5.16 Å². The van der Waals surface area contributed by atoms with Gasteiger partial charge in [-0.25, -0.2) is 9.78 Å². The number of hydrogen-bond donors (Lipinski definition) is 3. The largest absolute Gasteiger partial charge is 0.477 e. The number of β-lactam (4-membered cyclic amide) rings is 1. The number of pyridine rings is 1. The molecule has 35 heavy (non-hydrogen) atoms. The van der Waals surface area contributed by atoms with Crippen LogP contribution in [0.3, 0.4) is 0 Å². The second-order valence-corrected chi connectivity index (χ2v) is 9.04. The van der Waals surface area contributed by atoms with E-state index in [1.54, 1.807) is 24.4 Å². The first-order chi connectivity index (χ1) is 16.9. The van der Waals surface area contributed by atoms with E-state index in [1.807, 2.05) is 0 Å². The summed E-state index contributed by atoms with van der Waals surface area (Å²) in [5, 5.41) is 19.6. The Bertz CT molecular complexity index is 1240. The number of thioether (sulfide) groups is 1. The van der Waals surface area contributed by atoms with Gasteiger partial charge in [0, 0.05) is 17.3 Å². The summed E-state index contributed by atoms with van der Waals surface area (Å²) < 4.78 is 0. The summed E-state index contributed by atoms with van der Waals surface area (Å²) >= 11 is 2.38. The third-order valence-corrected chi connectivity index (χ3v) is 7.05. The second-order valence-electron chi connectivity index (χ2n) is 7.08. The molecule has 2 aliphatic rings. The second kappa shape index (κ2) is 10.5. The summed E-state index contributed by atoms with van der Waals surface area (Å²) in [6.45, 7) is 3.59. The van der Waals surface area contributed by atoms with Gasteiger partial charge in [-0.1, -0.05) is 23.9 Å². The normalized spacial score (nSPS) is 19.4. The van der Waals surface area contributed by atoms with Crippen LogP contribution in [0.2, 0.25) is 0 Å². The topological polar surface area (TPSA) is 163 Å². The Morgan fingerprint density at radius 1 is 1.40 bits per heavy atom. The van der Waals surface area contributed by atoms with E-state index in [1.165, 1.54) is 23.2 Å². The summed E-state index contributed by atoms with van der Waals surface area (Å²) in [4.78, 5) is 63.0. The van der Waals surface area contributed by atoms with E-state index < -0.39 is 29.2 Å². The van der Waals surface area contributed by atoms with Crippen LogP contribution in [0, 0.1) is 0 Å². The van der Waals surface area contributed by atoms with Crippen LogP contribution in [0.1, 0.15) is 11.4 Å². The molecule has 2 aliphatic heterocycles. The maximum Gasteiger partial charge on any atom is 0.352 e. The molecule has 1 fully saturated rings. The predicted octanol–water partition coefficient (Wildman–Crippen LogP) is 0.952. The standard InChI is InChI=1S/C21H18N6O6S2/c1-2-11-8-34-19-15(18(30)27(19)16(11)20(31)32)25-17(29)14(13-9-35-21(24-13)23-10-28)26-33-7-12-5-3-4-6-22-12/h2-6,9-10,15,19H,1,7-8H2,(H,25,29)(H,31,32)(H,23,24,28)/b26-14+/t15?,19-/m1/s1. The van der Waals surface area contributed by atoms with Crippen molar-refractivity contribution < 1.29 is 29.1 Å². The highest BCUT2D eigenvalue weighted by molar-refractivity contribution is 8.00. The fraction of sp³-hybridized carbons (Fsp3) is 0.190. The lowest BCUT2D eigenvalue weighted by atomic mass is 10.0. The fourth-order valence-corrected chi connectivity index (χ4v) is 5.35. The molecule has 0 aromatic carbocycles. The summed E-state index contributed by atoms with van der Waals surface area (Å²) in [6.07, 6.45) is 3.44. The average Bonchev–Trinajstić information content (AvgIpc) is 3.32. The number of hydrogen-bond acceptors (Lipinski definition) is 10. The maximum atomic E-state index is 13.1. The number of oxime groups is 1. The summed E-state index contributed by atoms with van der Waals surface area (Å²) in [7, 11) is 0. The lowest BCUT2D eigenvalue weighted by Gasteiger charge is -2.49. The van der Waals surface area contributed by atoms with Gasteiger partial charge in [0.15, 0.2) is 17.5 Å². The van der Waals surface area contributed by atoms with Crippen LogP contribution in [-0.2, 0) is 30.6 Å². The molecule has 1 unspecified atom stereocenters. The molecule has 3 amide bonds. The molecule has 2 aromatic heterocycles. The van der Waals surface area contributed by atoms with E-state index in [-0.39, 0.29) is 28.8 Å². The van der Waals surface area contributed by atoms with Gasteiger partial charge >= 0.3 is 5.97 Å². The van der Waals surface area contributed by atoms with Gasteiger partial charge in [-0.05, 0) is 17.7 Å². The lowest BCUT2D eigenvalue weighted by molar-refractivity contribution is -0.150. The van der Waals surface area contributed by atoms with Crippen molar-refractivity contribution in [3.05, 3.63) is 65.1 Å². The van der Waals surface area contributed by atoms with Crippen LogP contribution in [-0.4, -0.2) is 67.0 Å². The van der Waals surface area contributed by atoms with Gasteiger partial charge in [0.1, 0.15) is 22.8 Å². The van der Waals surface area contributed by atoms with E-state index in [2.05, 4.69) is 32.3 Å². The van der Waals surface area contributed by atoms with Crippen molar-refractivity contribution in [2.45, 2.75) is 18.0 Å². The van der Waals surface area contributed by atoms with Gasteiger partial charge in [0.05, 0.1) is 5.69 Å². The first-order valence-corrected chi connectivity index (χ1v) is 12.0. The molecule has 12 nitrogen and oxygen atoms in total. The number of aliphatic carboxylic acids is 1. The van der Waals surface area contributed by atoms with Crippen LogP contribution >= 0.6 is 23.1 Å². The number of aromatic nitrogens is 2. The SMILES string of the molecule is C=CC1=C(C(=O)O)N2C(=O)C(NC(=O)/C(=N/OCc3ccccn3)c3csc(NC=O)n3)[C@H]2SC1. The number of rotatable bonds is 10. The fourth-order valence-electron chi connectivity index (χ4n) is 3.36.